The molecule has 0 bridgehead atoms. The van der Waals surface area contributed by atoms with Crippen LogP contribution in [0, 0.1) is 5.92 Å². The van der Waals surface area contributed by atoms with Crippen LogP contribution in [0.3, 0.4) is 0 Å². The second-order valence-corrected chi connectivity index (χ2v) is 4.89. The molecule has 0 radical (unpaired) electrons. The Morgan fingerprint density at radius 2 is 2.15 bits per heavy atom. The van der Waals surface area contributed by atoms with Gasteiger partial charge in [-0.3, -0.25) is 0 Å². The standard InChI is InChI=1S/C10H21NOS/c1-11-10(8-13-7-6-12)9-4-2-3-5-9/h9-12H,2-8H2,1H3. The second-order valence-electron chi connectivity index (χ2n) is 3.74. The van der Waals surface area contributed by atoms with E-state index in [9.17, 15) is 0 Å². The van der Waals surface area contributed by atoms with E-state index in [0.717, 1.165) is 17.4 Å². The molecule has 1 aliphatic rings. The summed E-state index contributed by atoms with van der Waals surface area (Å²) < 4.78 is 0. The predicted octanol–water partition coefficient (Wildman–Crippen LogP) is 1.49. The molecule has 2 N–H and O–H groups in total. The maximum atomic E-state index is 8.68. The van der Waals surface area contributed by atoms with Crippen molar-refractivity contribution in [3.63, 3.8) is 0 Å². The van der Waals surface area contributed by atoms with Crippen LogP contribution >= 0.6 is 11.8 Å². The molecule has 1 atom stereocenters. The van der Waals surface area contributed by atoms with Gasteiger partial charge in [-0.25, -0.2) is 0 Å². The Kier molecular flexibility index (Phi) is 5.83. The zero-order valence-electron chi connectivity index (χ0n) is 8.46. The minimum absolute atomic E-state index is 0.311. The Balaban J connectivity index is 2.16. The summed E-state index contributed by atoms with van der Waals surface area (Å²) in [4.78, 5) is 0. The number of thioether (sulfide) groups is 1. The Hall–Kier alpha value is 0.270. The molecule has 0 aromatic rings. The van der Waals surface area contributed by atoms with Gasteiger partial charge in [0.15, 0.2) is 0 Å². The van der Waals surface area contributed by atoms with Crippen LogP contribution < -0.4 is 5.32 Å². The van der Waals surface area contributed by atoms with E-state index in [-0.39, 0.29) is 0 Å². The predicted molar refractivity (Wildman–Crippen MR) is 59.2 cm³/mol. The van der Waals surface area contributed by atoms with Crippen molar-refractivity contribution < 1.29 is 5.11 Å². The molecule has 78 valence electrons. The Labute approximate surface area is 85.5 Å². The lowest BCUT2D eigenvalue weighted by Crippen LogP contribution is -2.34. The van der Waals surface area contributed by atoms with Crippen LogP contribution in [0.25, 0.3) is 0 Å². The molecule has 0 aromatic heterocycles. The van der Waals surface area contributed by atoms with Gasteiger partial charge in [0.2, 0.25) is 0 Å². The third-order valence-electron chi connectivity index (χ3n) is 2.87. The van der Waals surface area contributed by atoms with Gasteiger partial charge >= 0.3 is 0 Å². The maximum Gasteiger partial charge on any atom is 0.0521 e. The van der Waals surface area contributed by atoms with Gasteiger partial charge in [0, 0.05) is 17.5 Å². The highest BCUT2D eigenvalue weighted by Gasteiger charge is 2.23. The number of rotatable bonds is 6. The molecule has 1 rings (SSSR count). The first-order chi connectivity index (χ1) is 6.38. The summed E-state index contributed by atoms with van der Waals surface area (Å²) in [6.07, 6.45) is 5.61. The van der Waals surface area contributed by atoms with Gasteiger partial charge < -0.3 is 10.4 Å². The number of aliphatic hydroxyl groups is 1. The van der Waals surface area contributed by atoms with Crippen LogP contribution in [0.5, 0.6) is 0 Å². The van der Waals surface area contributed by atoms with Crippen molar-refractivity contribution in [1.29, 1.82) is 0 Å². The molecule has 0 aliphatic heterocycles. The molecule has 3 heteroatoms. The molecule has 1 aliphatic carbocycles. The van der Waals surface area contributed by atoms with E-state index in [4.69, 9.17) is 5.11 Å². The first-order valence-corrected chi connectivity index (χ1v) is 6.40. The molecule has 0 aromatic carbocycles. The van der Waals surface area contributed by atoms with E-state index in [1.54, 1.807) is 0 Å². The van der Waals surface area contributed by atoms with Crippen molar-refractivity contribution in [2.75, 3.05) is 25.2 Å². The summed E-state index contributed by atoms with van der Waals surface area (Å²) in [5.41, 5.74) is 0. The molecule has 2 nitrogen and oxygen atoms in total. The zero-order valence-corrected chi connectivity index (χ0v) is 9.28. The first kappa shape index (κ1) is 11.3. The van der Waals surface area contributed by atoms with Crippen LogP contribution in [-0.2, 0) is 0 Å². The fourth-order valence-electron chi connectivity index (χ4n) is 2.09. The maximum absolute atomic E-state index is 8.68. The van der Waals surface area contributed by atoms with Crippen LogP contribution in [-0.4, -0.2) is 36.3 Å². The fraction of sp³-hybridized carbons (Fsp3) is 1.00. The summed E-state index contributed by atoms with van der Waals surface area (Å²) in [5.74, 6) is 2.92. The monoisotopic (exact) mass is 203 g/mol. The smallest absolute Gasteiger partial charge is 0.0521 e. The Morgan fingerprint density at radius 3 is 2.69 bits per heavy atom. The quantitative estimate of drug-likeness (QED) is 0.642. The largest absolute Gasteiger partial charge is 0.396 e. The fourth-order valence-corrected chi connectivity index (χ4v) is 3.08. The number of hydrogen-bond donors (Lipinski definition) is 2. The Bertz CT molecular complexity index is 126. The molecule has 0 amide bonds. The van der Waals surface area contributed by atoms with Crippen molar-refractivity contribution in [1.82, 2.24) is 5.32 Å². The van der Waals surface area contributed by atoms with Crippen LogP contribution in [0.1, 0.15) is 25.7 Å². The number of aliphatic hydroxyl groups excluding tert-OH is 1. The highest BCUT2D eigenvalue weighted by molar-refractivity contribution is 7.99. The second kappa shape index (κ2) is 6.68. The van der Waals surface area contributed by atoms with Crippen LogP contribution in [0.4, 0.5) is 0 Å². The first-order valence-electron chi connectivity index (χ1n) is 5.24. The summed E-state index contributed by atoms with van der Waals surface area (Å²) >= 11 is 1.86. The van der Waals surface area contributed by atoms with E-state index in [0.29, 0.717) is 12.6 Å². The molecular weight excluding hydrogens is 182 g/mol. The van der Waals surface area contributed by atoms with Crippen molar-refractivity contribution in [3.8, 4) is 0 Å². The molecule has 1 fully saturated rings. The van der Waals surface area contributed by atoms with Gasteiger partial charge in [-0.2, -0.15) is 11.8 Å². The third kappa shape index (κ3) is 3.88. The normalized spacial score (nSPS) is 20.8. The third-order valence-corrected chi connectivity index (χ3v) is 3.94. The SMILES string of the molecule is CNC(CSCCO)C1CCCC1. The van der Waals surface area contributed by atoms with Gasteiger partial charge in [0.05, 0.1) is 6.61 Å². The van der Waals surface area contributed by atoms with E-state index >= 15 is 0 Å². The zero-order chi connectivity index (χ0) is 9.52. The van der Waals surface area contributed by atoms with E-state index in [1.165, 1.54) is 25.7 Å². The molecule has 0 saturated heterocycles. The minimum atomic E-state index is 0.311. The molecule has 0 heterocycles. The number of hydrogen-bond acceptors (Lipinski definition) is 3. The van der Waals surface area contributed by atoms with E-state index in [2.05, 4.69) is 12.4 Å². The van der Waals surface area contributed by atoms with Crippen LogP contribution in [0.15, 0.2) is 0 Å². The average molecular weight is 203 g/mol. The number of nitrogens with one attached hydrogen (secondary N) is 1. The Morgan fingerprint density at radius 1 is 1.46 bits per heavy atom. The lowest BCUT2D eigenvalue weighted by atomic mass is 10.0. The molecule has 1 unspecified atom stereocenters. The van der Waals surface area contributed by atoms with E-state index < -0.39 is 0 Å². The lowest BCUT2D eigenvalue weighted by Gasteiger charge is -2.22. The van der Waals surface area contributed by atoms with Gasteiger partial charge in [-0.05, 0) is 25.8 Å². The topological polar surface area (TPSA) is 32.3 Å². The van der Waals surface area contributed by atoms with Crippen molar-refractivity contribution in [3.05, 3.63) is 0 Å². The highest BCUT2D eigenvalue weighted by Crippen LogP contribution is 2.28. The van der Waals surface area contributed by atoms with Gasteiger partial charge in [0.1, 0.15) is 0 Å². The molecular formula is C10H21NOS. The van der Waals surface area contributed by atoms with Gasteiger partial charge in [0.25, 0.3) is 0 Å². The lowest BCUT2D eigenvalue weighted by molar-refractivity contribution is 0.322. The summed E-state index contributed by atoms with van der Waals surface area (Å²) in [6, 6.07) is 0.666. The molecule has 13 heavy (non-hydrogen) atoms. The van der Waals surface area contributed by atoms with E-state index in [1.807, 2.05) is 11.8 Å². The van der Waals surface area contributed by atoms with Crippen LogP contribution in [0.2, 0.25) is 0 Å². The average Bonchev–Trinajstić information content (AvgIpc) is 2.65. The van der Waals surface area contributed by atoms with Gasteiger partial charge in [-0.15, -0.1) is 0 Å². The summed E-state index contributed by atoms with van der Waals surface area (Å²) in [5, 5.41) is 12.1. The van der Waals surface area contributed by atoms with Crippen molar-refractivity contribution >= 4 is 11.8 Å². The summed E-state index contributed by atoms with van der Waals surface area (Å²) in [7, 11) is 2.06. The minimum Gasteiger partial charge on any atom is -0.396 e. The molecule has 1 saturated carbocycles. The van der Waals surface area contributed by atoms with Gasteiger partial charge in [-0.1, -0.05) is 12.8 Å². The van der Waals surface area contributed by atoms with Crippen molar-refractivity contribution in [2.24, 2.45) is 5.92 Å². The summed E-state index contributed by atoms with van der Waals surface area (Å²) in [6.45, 7) is 0.311. The highest BCUT2D eigenvalue weighted by atomic mass is 32.2. The van der Waals surface area contributed by atoms with Crippen molar-refractivity contribution in [2.45, 2.75) is 31.7 Å². The molecule has 0 spiro atoms.